The van der Waals surface area contributed by atoms with Crippen molar-refractivity contribution >= 4 is 17.4 Å². The van der Waals surface area contributed by atoms with Gasteiger partial charge in [-0.15, -0.1) is 0 Å². The maximum absolute atomic E-state index is 13.0. The Bertz CT molecular complexity index is 812. The molecule has 7 heteroatoms. The molecular weight excluding hydrogens is 337 g/mol. The molecule has 2 aromatic carbocycles. The van der Waals surface area contributed by atoms with E-state index in [1.807, 2.05) is 25.1 Å². The van der Waals surface area contributed by atoms with Gasteiger partial charge in [0.25, 0.3) is 0 Å². The standard InChI is InChI=1S/C19H20FN3O3/c1-13-11-22(16-6-7-17-18(10-16)26-12-25-17)8-9-23(13)19(24)21-15-4-2-14(20)3-5-15/h2-7,10,13H,8-9,11-12H2,1H3,(H,21,24). The van der Waals surface area contributed by atoms with E-state index >= 15 is 0 Å². The summed E-state index contributed by atoms with van der Waals surface area (Å²) < 4.78 is 23.8. The number of fused-ring (bicyclic) bond motifs is 1. The second kappa shape index (κ2) is 6.74. The van der Waals surface area contributed by atoms with E-state index in [4.69, 9.17) is 9.47 Å². The summed E-state index contributed by atoms with van der Waals surface area (Å²) in [4.78, 5) is 16.6. The zero-order chi connectivity index (χ0) is 18.1. The van der Waals surface area contributed by atoms with Crippen LogP contribution in [0.1, 0.15) is 6.92 Å². The number of halogens is 1. The number of hydrogen-bond donors (Lipinski definition) is 1. The van der Waals surface area contributed by atoms with Crippen molar-refractivity contribution in [1.29, 1.82) is 0 Å². The molecule has 136 valence electrons. The van der Waals surface area contributed by atoms with Crippen LogP contribution in [0.5, 0.6) is 11.5 Å². The second-order valence-corrected chi connectivity index (χ2v) is 6.46. The Hall–Kier alpha value is -2.96. The summed E-state index contributed by atoms with van der Waals surface area (Å²) in [6.45, 7) is 4.32. The molecular formula is C19H20FN3O3. The molecule has 2 amide bonds. The van der Waals surface area contributed by atoms with Gasteiger partial charge in [-0.3, -0.25) is 0 Å². The first-order chi connectivity index (χ1) is 12.6. The molecule has 2 heterocycles. The lowest BCUT2D eigenvalue weighted by Gasteiger charge is -2.40. The maximum Gasteiger partial charge on any atom is 0.322 e. The van der Waals surface area contributed by atoms with Crippen molar-refractivity contribution in [1.82, 2.24) is 4.90 Å². The van der Waals surface area contributed by atoms with Crippen molar-refractivity contribution in [3.63, 3.8) is 0 Å². The summed E-state index contributed by atoms with van der Waals surface area (Å²) in [5, 5.41) is 2.82. The predicted octanol–water partition coefficient (Wildman–Crippen LogP) is 3.30. The molecule has 0 radical (unpaired) electrons. The molecule has 2 aromatic rings. The van der Waals surface area contributed by atoms with Gasteiger partial charge in [-0.2, -0.15) is 0 Å². The molecule has 1 saturated heterocycles. The minimum absolute atomic E-state index is 0.0367. The number of nitrogens with one attached hydrogen (secondary N) is 1. The first kappa shape index (κ1) is 16.5. The van der Waals surface area contributed by atoms with Crippen LogP contribution in [0.15, 0.2) is 42.5 Å². The van der Waals surface area contributed by atoms with Gasteiger partial charge < -0.3 is 24.6 Å². The number of carbonyl (C=O) groups is 1. The minimum Gasteiger partial charge on any atom is -0.454 e. The third kappa shape index (κ3) is 3.24. The summed E-state index contributed by atoms with van der Waals surface area (Å²) in [7, 11) is 0. The molecule has 26 heavy (non-hydrogen) atoms. The van der Waals surface area contributed by atoms with E-state index in [1.165, 1.54) is 12.1 Å². The molecule has 6 nitrogen and oxygen atoms in total. The molecule has 1 N–H and O–H groups in total. The lowest BCUT2D eigenvalue weighted by atomic mass is 10.1. The topological polar surface area (TPSA) is 54.0 Å². The van der Waals surface area contributed by atoms with Gasteiger partial charge in [-0.1, -0.05) is 0 Å². The Morgan fingerprint density at radius 1 is 1.12 bits per heavy atom. The molecule has 4 rings (SSSR count). The van der Waals surface area contributed by atoms with Gasteiger partial charge in [0.2, 0.25) is 6.79 Å². The number of nitrogens with zero attached hydrogens (tertiary/aromatic N) is 2. The summed E-state index contributed by atoms with van der Waals surface area (Å²) in [5.41, 5.74) is 1.64. The van der Waals surface area contributed by atoms with Crippen molar-refractivity contribution in [2.75, 3.05) is 36.6 Å². The third-order valence-corrected chi connectivity index (χ3v) is 4.71. The molecule has 0 aliphatic carbocycles. The van der Waals surface area contributed by atoms with Crippen LogP contribution in [0.2, 0.25) is 0 Å². The van der Waals surface area contributed by atoms with Gasteiger partial charge in [0.05, 0.1) is 0 Å². The van der Waals surface area contributed by atoms with Gasteiger partial charge in [0.1, 0.15) is 5.82 Å². The zero-order valence-corrected chi connectivity index (χ0v) is 14.4. The number of piperazine rings is 1. The normalized spacial score (nSPS) is 18.8. The average Bonchev–Trinajstić information content (AvgIpc) is 3.11. The summed E-state index contributed by atoms with van der Waals surface area (Å²) >= 11 is 0. The van der Waals surface area contributed by atoms with Gasteiger partial charge >= 0.3 is 6.03 Å². The van der Waals surface area contributed by atoms with E-state index in [-0.39, 0.29) is 24.7 Å². The summed E-state index contributed by atoms with van der Waals surface area (Å²) in [6.07, 6.45) is 0. The molecule has 1 fully saturated rings. The molecule has 1 atom stereocenters. The highest BCUT2D eigenvalue weighted by molar-refractivity contribution is 5.89. The summed E-state index contributed by atoms with van der Waals surface area (Å²) in [6, 6.07) is 11.5. The fraction of sp³-hybridized carbons (Fsp3) is 0.316. The number of rotatable bonds is 2. The number of hydrogen-bond acceptors (Lipinski definition) is 4. The first-order valence-corrected chi connectivity index (χ1v) is 8.58. The highest BCUT2D eigenvalue weighted by Gasteiger charge is 2.28. The van der Waals surface area contributed by atoms with Crippen LogP contribution in [0, 0.1) is 5.82 Å². The van der Waals surface area contributed by atoms with Crippen LogP contribution in [-0.4, -0.2) is 43.4 Å². The van der Waals surface area contributed by atoms with E-state index < -0.39 is 0 Å². The maximum atomic E-state index is 13.0. The van der Waals surface area contributed by atoms with Crippen molar-refractivity contribution in [2.45, 2.75) is 13.0 Å². The zero-order valence-electron chi connectivity index (χ0n) is 14.4. The monoisotopic (exact) mass is 357 g/mol. The third-order valence-electron chi connectivity index (χ3n) is 4.71. The quantitative estimate of drug-likeness (QED) is 0.896. The number of benzene rings is 2. The van der Waals surface area contributed by atoms with Gasteiger partial charge in [0.15, 0.2) is 11.5 Å². The highest BCUT2D eigenvalue weighted by Crippen LogP contribution is 2.36. The van der Waals surface area contributed by atoms with Crippen LogP contribution >= 0.6 is 0 Å². The lowest BCUT2D eigenvalue weighted by molar-refractivity contribution is 0.174. The molecule has 0 spiro atoms. The molecule has 0 aromatic heterocycles. The number of amides is 2. The van der Waals surface area contributed by atoms with Gasteiger partial charge in [-0.25, -0.2) is 9.18 Å². The van der Waals surface area contributed by atoms with E-state index in [9.17, 15) is 9.18 Å². The van der Waals surface area contributed by atoms with Gasteiger partial charge in [-0.05, 0) is 43.3 Å². The van der Waals surface area contributed by atoms with Crippen molar-refractivity contribution in [3.05, 3.63) is 48.3 Å². The van der Waals surface area contributed by atoms with E-state index in [1.54, 1.807) is 17.0 Å². The Morgan fingerprint density at radius 2 is 1.88 bits per heavy atom. The Balaban J connectivity index is 1.40. The van der Waals surface area contributed by atoms with E-state index in [0.717, 1.165) is 30.3 Å². The van der Waals surface area contributed by atoms with E-state index in [0.29, 0.717) is 12.2 Å². The predicted molar refractivity (Wildman–Crippen MR) is 96.4 cm³/mol. The summed E-state index contributed by atoms with van der Waals surface area (Å²) in [5.74, 6) is 1.19. The molecule has 2 aliphatic heterocycles. The van der Waals surface area contributed by atoms with Crippen LogP contribution in [0.4, 0.5) is 20.6 Å². The fourth-order valence-electron chi connectivity index (χ4n) is 3.30. The van der Waals surface area contributed by atoms with Crippen molar-refractivity contribution in [3.8, 4) is 11.5 Å². The fourth-order valence-corrected chi connectivity index (χ4v) is 3.30. The van der Waals surface area contributed by atoms with E-state index in [2.05, 4.69) is 10.2 Å². The number of anilines is 2. The minimum atomic E-state index is -0.325. The van der Waals surface area contributed by atoms with Crippen molar-refractivity contribution < 1.29 is 18.7 Å². The average molecular weight is 357 g/mol. The molecule has 0 saturated carbocycles. The number of ether oxygens (including phenoxy) is 2. The van der Waals surface area contributed by atoms with Gasteiger partial charge in [0, 0.05) is 43.1 Å². The number of carbonyl (C=O) groups excluding carboxylic acids is 1. The van der Waals surface area contributed by atoms with Crippen LogP contribution < -0.4 is 19.7 Å². The van der Waals surface area contributed by atoms with Crippen molar-refractivity contribution in [2.24, 2.45) is 0 Å². The van der Waals surface area contributed by atoms with Crippen LogP contribution in [0.3, 0.4) is 0 Å². The van der Waals surface area contributed by atoms with Crippen LogP contribution in [0.25, 0.3) is 0 Å². The molecule has 2 aliphatic rings. The number of urea groups is 1. The molecule has 0 bridgehead atoms. The Labute approximate surface area is 151 Å². The first-order valence-electron chi connectivity index (χ1n) is 8.58. The lowest BCUT2D eigenvalue weighted by Crippen LogP contribution is -2.55. The largest absolute Gasteiger partial charge is 0.454 e. The van der Waals surface area contributed by atoms with Crippen LogP contribution in [-0.2, 0) is 0 Å². The SMILES string of the molecule is CC1CN(c2ccc3c(c2)OCO3)CCN1C(=O)Nc1ccc(F)cc1. The molecule has 1 unspecified atom stereocenters. The Kier molecular flexibility index (Phi) is 4.28. The smallest absolute Gasteiger partial charge is 0.322 e. The highest BCUT2D eigenvalue weighted by atomic mass is 19.1. The second-order valence-electron chi connectivity index (χ2n) is 6.46. The Morgan fingerprint density at radius 3 is 2.65 bits per heavy atom.